The number of thiazole rings is 1. The Morgan fingerprint density at radius 2 is 1.62 bits per heavy atom. The van der Waals surface area contributed by atoms with Crippen molar-refractivity contribution in [3.8, 4) is 10.6 Å². The first-order chi connectivity index (χ1) is 13.6. The molecule has 0 saturated carbocycles. The fourth-order valence-corrected chi connectivity index (χ4v) is 3.50. The molecule has 0 spiro atoms. The number of alkyl halides is 6. The smallest absolute Gasteiger partial charge is 0.347 e. The van der Waals surface area contributed by atoms with Gasteiger partial charge in [-0.2, -0.15) is 26.3 Å². The molecule has 1 aromatic heterocycles. The molecule has 152 valence electrons. The van der Waals surface area contributed by atoms with E-state index in [2.05, 4.69) is 10.3 Å². The highest BCUT2D eigenvalue weighted by Crippen LogP contribution is 2.37. The molecule has 0 fully saturated rings. The Bertz CT molecular complexity index is 1010. The molecule has 0 atom stereocenters. The van der Waals surface area contributed by atoms with Crippen LogP contribution in [0.2, 0.25) is 0 Å². The normalized spacial score (nSPS) is 12.1. The maximum Gasteiger partial charge on any atom is 0.435 e. The highest BCUT2D eigenvalue weighted by Gasteiger charge is 2.39. The largest absolute Gasteiger partial charge is 0.435 e. The number of carbonyl (C=O) groups is 1. The van der Waals surface area contributed by atoms with Gasteiger partial charge in [-0.25, -0.2) is 4.98 Å². The second-order valence-corrected chi connectivity index (χ2v) is 6.94. The summed E-state index contributed by atoms with van der Waals surface area (Å²) in [6, 6.07) is 12.2. The van der Waals surface area contributed by atoms with E-state index in [1.54, 1.807) is 30.3 Å². The minimum absolute atomic E-state index is 0.0159. The van der Waals surface area contributed by atoms with E-state index < -0.39 is 34.4 Å². The third-order valence-corrected chi connectivity index (χ3v) is 4.93. The Morgan fingerprint density at radius 1 is 0.931 bits per heavy atom. The quantitative estimate of drug-likeness (QED) is 0.534. The molecule has 0 unspecified atom stereocenters. The molecule has 0 aliphatic heterocycles. The molecule has 0 radical (unpaired) electrons. The first-order valence-corrected chi connectivity index (χ1v) is 8.95. The zero-order valence-electron chi connectivity index (χ0n) is 14.4. The Hall–Kier alpha value is -2.88. The second kappa shape index (κ2) is 7.86. The molecule has 0 bridgehead atoms. The van der Waals surface area contributed by atoms with Gasteiger partial charge in [0.1, 0.15) is 9.88 Å². The Morgan fingerprint density at radius 3 is 2.24 bits per heavy atom. The van der Waals surface area contributed by atoms with Gasteiger partial charge in [-0.1, -0.05) is 42.5 Å². The van der Waals surface area contributed by atoms with Crippen molar-refractivity contribution in [2.24, 2.45) is 0 Å². The van der Waals surface area contributed by atoms with Gasteiger partial charge in [0.05, 0.1) is 5.56 Å². The number of hydrogen-bond donors (Lipinski definition) is 1. The summed E-state index contributed by atoms with van der Waals surface area (Å²) < 4.78 is 78.3. The minimum Gasteiger partial charge on any atom is -0.347 e. The van der Waals surface area contributed by atoms with Crippen LogP contribution in [0, 0.1) is 0 Å². The lowest BCUT2D eigenvalue weighted by atomic mass is 10.1. The standard InChI is InChI=1S/C19H12F6N2OS/c20-18(21,22)13-8-4-5-11(9-13)10-26-16(28)14-15(19(23,24)25)27-17(29-14)12-6-2-1-3-7-12/h1-9H,10H2,(H,26,28). The summed E-state index contributed by atoms with van der Waals surface area (Å²) in [6.07, 6.45) is -9.42. The molecule has 0 saturated heterocycles. The van der Waals surface area contributed by atoms with Gasteiger partial charge in [0.25, 0.3) is 5.91 Å². The van der Waals surface area contributed by atoms with Crippen LogP contribution in [0.25, 0.3) is 10.6 Å². The maximum atomic E-state index is 13.3. The van der Waals surface area contributed by atoms with E-state index in [4.69, 9.17) is 0 Å². The molecule has 1 N–H and O–H groups in total. The molecule has 2 aromatic carbocycles. The van der Waals surface area contributed by atoms with Gasteiger partial charge in [-0.15, -0.1) is 11.3 Å². The number of hydrogen-bond acceptors (Lipinski definition) is 3. The van der Waals surface area contributed by atoms with Crippen molar-refractivity contribution in [3.63, 3.8) is 0 Å². The highest BCUT2D eigenvalue weighted by atomic mass is 32.1. The van der Waals surface area contributed by atoms with Crippen LogP contribution in [-0.2, 0) is 18.9 Å². The van der Waals surface area contributed by atoms with Gasteiger partial charge >= 0.3 is 12.4 Å². The molecule has 1 amide bonds. The first-order valence-electron chi connectivity index (χ1n) is 8.13. The Kier molecular flexibility index (Phi) is 5.65. The third kappa shape index (κ3) is 4.94. The molecule has 3 rings (SSSR count). The van der Waals surface area contributed by atoms with Gasteiger partial charge in [0.15, 0.2) is 5.69 Å². The molecule has 29 heavy (non-hydrogen) atoms. The number of aromatic nitrogens is 1. The number of carbonyl (C=O) groups excluding carboxylic acids is 1. The predicted octanol–water partition coefficient (Wildman–Crippen LogP) is 5.78. The van der Waals surface area contributed by atoms with E-state index in [9.17, 15) is 31.1 Å². The molecule has 3 nitrogen and oxygen atoms in total. The van der Waals surface area contributed by atoms with Crippen LogP contribution in [0.5, 0.6) is 0 Å². The molecule has 10 heteroatoms. The number of nitrogens with one attached hydrogen (secondary N) is 1. The summed E-state index contributed by atoms with van der Waals surface area (Å²) in [5, 5.41) is 2.25. The molecular weight excluding hydrogens is 418 g/mol. The first kappa shape index (κ1) is 20.8. The molecule has 0 aliphatic carbocycles. The van der Waals surface area contributed by atoms with Crippen molar-refractivity contribution in [3.05, 3.63) is 76.3 Å². The van der Waals surface area contributed by atoms with E-state index in [1.165, 1.54) is 6.07 Å². The fraction of sp³-hybridized carbons (Fsp3) is 0.158. The van der Waals surface area contributed by atoms with E-state index in [1.807, 2.05) is 0 Å². The van der Waals surface area contributed by atoms with Crippen LogP contribution in [0.4, 0.5) is 26.3 Å². The topological polar surface area (TPSA) is 42.0 Å². The van der Waals surface area contributed by atoms with Gasteiger partial charge in [-0.3, -0.25) is 4.79 Å². The van der Waals surface area contributed by atoms with Gasteiger partial charge in [0, 0.05) is 12.1 Å². The summed E-state index contributed by atoms with van der Waals surface area (Å²) in [5.41, 5.74) is -1.72. The van der Waals surface area contributed by atoms with Gasteiger partial charge in [0.2, 0.25) is 0 Å². The van der Waals surface area contributed by atoms with Crippen molar-refractivity contribution in [1.29, 1.82) is 0 Å². The lowest BCUT2D eigenvalue weighted by Gasteiger charge is -2.10. The van der Waals surface area contributed by atoms with Gasteiger partial charge < -0.3 is 5.32 Å². The van der Waals surface area contributed by atoms with E-state index in [0.717, 1.165) is 18.2 Å². The highest BCUT2D eigenvalue weighted by molar-refractivity contribution is 7.17. The number of benzene rings is 2. The number of halogens is 6. The van der Waals surface area contributed by atoms with Crippen LogP contribution in [0.3, 0.4) is 0 Å². The third-order valence-electron chi connectivity index (χ3n) is 3.83. The van der Waals surface area contributed by atoms with Crippen LogP contribution >= 0.6 is 11.3 Å². The summed E-state index contributed by atoms with van der Waals surface area (Å²) in [4.78, 5) is 15.3. The van der Waals surface area contributed by atoms with Crippen molar-refractivity contribution >= 4 is 17.2 Å². The number of rotatable bonds is 4. The maximum absolute atomic E-state index is 13.3. The number of amides is 1. The second-order valence-electron chi connectivity index (χ2n) is 5.94. The Labute approximate surface area is 165 Å². The van der Waals surface area contributed by atoms with Crippen LogP contribution in [0.15, 0.2) is 54.6 Å². The van der Waals surface area contributed by atoms with Crippen molar-refractivity contribution < 1.29 is 31.1 Å². The summed E-state index contributed by atoms with van der Waals surface area (Å²) >= 11 is 0.567. The SMILES string of the molecule is O=C(NCc1cccc(C(F)(F)F)c1)c1sc(-c2ccccc2)nc1C(F)(F)F. The minimum atomic E-state index is -4.85. The summed E-state index contributed by atoms with van der Waals surface area (Å²) in [7, 11) is 0. The Balaban J connectivity index is 1.85. The van der Waals surface area contributed by atoms with Crippen LogP contribution < -0.4 is 5.32 Å². The van der Waals surface area contributed by atoms with Crippen LogP contribution in [0.1, 0.15) is 26.5 Å². The predicted molar refractivity (Wildman–Crippen MR) is 95.2 cm³/mol. The molecule has 0 aliphatic rings. The van der Waals surface area contributed by atoms with E-state index >= 15 is 0 Å². The van der Waals surface area contributed by atoms with Gasteiger partial charge in [-0.05, 0) is 17.7 Å². The van der Waals surface area contributed by atoms with Crippen LogP contribution in [-0.4, -0.2) is 10.9 Å². The van der Waals surface area contributed by atoms with E-state index in [0.29, 0.717) is 16.9 Å². The van der Waals surface area contributed by atoms with E-state index in [-0.39, 0.29) is 17.1 Å². The average molecular weight is 430 g/mol. The fourth-order valence-electron chi connectivity index (χ4n) is 2.49. The summed E-state index contributed by atoms with van der Waals surface area (Å²) in [6.45, 7) is -0.362. The van der Waals surface area contributed by atoms with Crippen molar-refractivity contribution in [1.82, 2.24) is 10.3 Å². The zero-order chi connectivity index (χ0) is 21.2. The molecule has 3 aromatic rings. The molecule has 1 heterocycles. The average Bonchev–Trinajstić information content (AvgIpc) is 3.12. The summed E-state index contributed by atoms with van der Waals surface area (Å²) in [5.74, 6) is -1.06. The zero-order valence-corrected chi connectivity index (χ0v) is 15.3. The lowest BCUT2D eigenvalue weighted by molar-refractivity contribution is -0.141. The monoisotopic (exact) mass is 430 g/mol. The van der Waals surface area contributed by atoms with Crippen molar-refractivity contribution in [2.45, 2.75) is 18.9 Å². The number of nitrogens with zero attached hydrogens (tertiary/aromatic N) is 1. The molecular formula is C19H12F6N2OS. The lowest BCUT2D eigenvalue weighted by Crippen LogP contribution is -2.25. The van der Waals surface area contributed by atoms with Crippen molar-refractivity contribution in [2.75, 3.05) is 0 Å².